The number of amides is 1. The molecule has 0 atom stereocenters. The lowest BCUT2D eigenvalue weighted by Crippen LogP contribution is -2.16. The minimum absolute atomic E-state index is 0.249. The Bertz CT molecular complexity index is 661. The van der Waals surface area contributed by atoms with Crippen molar-refractivity contribution >= 4 is 39.3 Å². The second-order valence-corrected chi connectivity index (χ2v) is 5.95. The minimum Gasteiger partial charge on any atom is -0.320 e. The molecule has 0 saturated carbocycles. The maximum Gasteiger partial charge on any atom is 0.275 e. The number of halogens is 1. The van der Waals surface area contributed by atoms with Gasteiger partial charge in [-0.15, -0.1) is 0 Å². The van der Waals surface area contributed by atoms with Crippen molar-refractivity contribution in [2.75, 3.05) is 11.6 Å². The summed E-state index contributed by atoms with van der Waals surface area (Å²) < 4.78 is 0.581. The molecule has 1 aromatic carbocycles. The lowest BCUT2D eigenvalue weighted by atomic mass is 10.1. The average molecular weight is 352 g/mol. The molecule has 2 aromatic rings. The lowest BCUT2D eigenvalue weighted by Gasteiger charge is -2.10. The standard InChI is InChI=1S/C14H14BrN3OS/c1-8-4-5-11(9(2)6-8)17-13(19)12-10(15)7-16-14(18-12)20-3/h4-7H,1-3H3,(H,17,19). The number of thioether (sulfide) groups is 1. The predicted molar refractivity (Wildman–Crippen MR) is 85.4 cm³/mol. The number of hydrogen-bond donors (Lipinski definition) is 1. The van der Waals surface area contributed by atoms with E-state index in [1.165, 1.54) is 11.8 Å². The van der Waals surface area contributed by atoms with E-state index in [0.29, 0.717) is 15.3 Å². The van der Waals surface area contributed by atoms with E-state index in [9.17, 15) is 4.79 Å². The van der Waals surface area contributed by atoms with Crippen LogP contribution in [0.4, 0.5) is 5.69 Å². The molecule has 104 valence electrons. The molecule has 20 heavy (non-hydrogen) atoms. The van der Waals surface area contributed by atoms with E-state index in [2.05, 4.69) is 31.2 Å². The van der Waals surface area contributed by atoms with Gasteiger partial charge in [0.2, 0.25) is 0 Å². The van der Waals surface area contributed by atoms with Crippen LogP contribution in [-0.4, -0.2) is 22.1 Å². The van der Waals surface area contributed by atoms with Crippen molar-refractivity contribution in [1.29, 1.82) is 0 Å². The van der Waals surface area contributed by atoms with E-state index in [0.717, 1.165) is 16.8 Å². The molecule has 1 N–H and O–H groups in total. The summed E-state index contributed by atoms with van der Waals surface area (Å²) in [6, 6.07) is 5.88. The first kappa shape index (κ1) is 15.0. The molecule has 0 unspecified atom stereocenters. The van der Waals surface area contributed by atoms with Gasteiger partial charge in [-0.05, 0) is 47.7 Å². The van der Waals surface area contributed by atoms with E-state index in [1.807, 2.05) is 38.3 Å². The Balaban J connectivity index is 2.28. The first-order valence-electron chi connectivity index (χ1n) is 5.96. The summed E-state index contributed by atoms with van der Waals surface area (Å²) in [5, 5.41) is 3.45. The summed E-state index contributed by atoms with van der Waals surface area (Å²) in [5.41, 5.74) is 3.31. The minimum atomic E-state index is -0.249. The molecular formula is C14H14BrN3OS. The third-order valence-corrected chi connectivity index (χ3v) is 3.89. The quantitative estimate of drug-likeness (QED) is 0.674. The largest absolute Gasteiger partial charge is 0.320 e. The maximum atomic E-state index is 12.3. The molecule has 2 rings (SSSR count). The molecule has 1 amide bonds. The fraction of sp³-hybridized carbons (Fsp3) is 0.214. The SMILES string of the molecule is CSc1ncc(Br)c(C(=O)Nc2ccc(C)cc2C)n1. The van der Waals surface area contributed by atoms with Gasteiger partial charge in [0.05, 0.1) is 4.47 Å². The van der Waals surface area contributed by atoms with E-state index < -0.39 is 0 Å². The van der Waals surface area contributed by atoms with Crippen molar-refractivity contribution in [1.82, 2.24) is 9.97 Å². The Morgan fingerprint density at radius 3 is 2.75 bits per heavy atom. The third kappa shape index (κ3) is 3.37. The van der Waals surface area contributed by atoms with Gasteiger partial charge in [0, 0.05) is 11.9 Å². The number of rotatable bonds is 3. The van der Waals surface area contributed by atoms with Gasteiger partial charge in [0.25, 0.3) is 5.91 Å². The van der Waals surface area contributed by atoms with Crippen LogP contribution in [-0.2, 0) is 0 Å². The van der Waals surface area contributed by atoms with E-state index in [4.69, 9.17) is 0 Å². The van der Waals surface area contributed by atoms with Gasteiger partial charge in [-0.25, -0.2) is 9.97 Å². The van der Waals surface area contributed by atoms with Gasteiger partial charge in [0.15, 0.2) is 5.16 Å². The monoisotopic (exact) mass is 351 g/mol. The highest BCUT2D eigenvalue weighted by Crippen LogP contribution is 2.20. The molecule has 0 aliphatic carbocycles. The van der Waals surface area contributed by atoms with Crippen LogP contribution in [0.5, 0.6) is 0 Å². The number of carbonyl (C=O) groups excluding carboxylic acids is 1. The molecular weight excluding hydrogens is 338 g/mol. The second kappa shape index (κ2) is 6.37. The van der Waals surface area contributed by atoms with Crippen molar-refractivity contribution in [3.63, 3.8) is 0 Å². The molecule has 0 aliphatic rings. The van der Waals surface area contributed by atoms with Crippen LogP contribution in [0.2, 0.25) is 0 Å². The molecule has 0 saturated heterocycles. The Morgan fingerprint density at radius 1 is 1.35 bits per heavy atom. The van der Waals surface area contributed by atoms with Gasteiger partial charge in [-0.1, -0.05) is 29.5 Å². The van der Waals surface area contributed by atoms with Gasteiger partial charge in [-0.3, -0.25) is 4.79 Å². The highest BCUT2D eigenvalue weighted by molar-refractivity contribution is 9.10. The summed E-state index contributed by atoms with van der Waals surface area (Å²) >= 11 is 4.71. The van der Waals surface area contributed by atoms with E-state index in [-0.39, 0.29) is 5.91 Å². The van der Waals surface area contributed by atoms with Crippen LogP contribution in [0, 0.1) is 13.8 Å². The summed E-state index contributed by atoms with van der Waals surface area (Å²) in [7, 11) is 0. The summed E-state index contributed by atoms with van der Waals surface area (Å²) in [6.45, 7) is 3.98. The smallest absolute Gasteiger partial charge is 0.275 e. The Morgan fingerprint density at radius 2 is 2.10 bits per heavy atom. The first-order chi connectivity index (χ1) is 9.51. The highest BCUT2D eigenvalue weighted by Gasteiger charge is 2.14. The fourth-order valence-electron chi connectivity index (χ4n) is 1.74. The zero-order valence-electron chi connectivity index (χ0n) is 11.4. The van der Waals surface area contributed by atoms with Gasteiger partial charge < -0.3 is 5.32 Å². The molecule has 0 aliphatic heterocycles. The van der Waals surface area contributed by atoms with Crippen molar-refractivity contribution in [2.45, 2.75) is 19.0 Å². The lowest BCUT2D eigenvalue weighted by molar-refractivity contribution is 0.102. The molecule has 1 heterocycles. The number of nitrogens with zero attached hydrogens (tertiary/aromatic N) is 2. The first-order valence-corrected chi connectivity index (χ1v) is 7.98. The van der Waals surface area contributed by atoms with Crippen molar-refractivity contribution in [2.24, 2.45) is 0 Å². The van der Waals surface area contributed by atoms with Crippen LogP contribution in [0.25, 0.3) is 0 Å². The van der Waals surface area contributed by atoms with Crippen LogP contribution >= 0.6 is 27.7 Å². The van der Waals surface area contributed by atoms with Crippen molar-refractivity contribution < 1.29 is 4.79 Å². The predicted octanol–water partition coefficient (Wildman–Crippen LogP) is 3.83. The fourth-order valence-corrected chi connectivity index (χ4v) is 2.46. The van der Waals surface area contributed by atoms with Crippen LogP contribution in [0.1, 0.15) is 21.6 Å². The number of anilines is 1. The highest BCUT2D eigenvalue weighted by atomic mass is 79.9. The normalized spacial score (nSPS) is 10.4. The van der Waals surface area contributed by atoms with Gasteiger partial charge in [0.1, 0.15) is 5.69 Å². The number of aromatic nitrogens is 2. The number of aryl methyl sites for hydroxylation is 2. The molecule has 0 spiro atoms. The maximum absolute atomic E-state index is 12.3. The Hall–Kier alpha value is -1.40. The van der Waals surface area contributed by atoms with Crippen LogP contribution < -0.4 is 5.32 Å². The summed E-state index contributed by atoms with van der Waals surface area (Å²) in [4.78, 5) is 20.6. The molecule has 0 radical (unpaired) electrons. The van der Waals surface area contributed by atoms with Gasteiger partial charge >= 0.3 is 0 Å². The third-order valence-electron chi connectivity index (χ3n) is 2.75. The molecule has 6 heteroatoms. The number of benzene rings is 1. The Labute approximate surface area is 130 Å². The number of hydrogen-bond acceptors (Lipinski definition) is 4. The van der Waals surface area contributed by atoms with E-state index >= 15 is 0 Å². The summed E-state index contributed by atoms with van der Waals surface area (Å²) in [5.74, 6) is -0.249. The second-order valence-electron chi connectivity index (χ2n) is 4.33. The topological polar surface area (TPSA) is 54.9 Å². The van der Waals surface area contributed by atoms with Crippen LogP contribution in [0.15, 0.2) is 34.0 Å². The zero-order valence-corrected chi connectivity index (χ0v) is 13.8. The zero-order chi connectivity index (χ0) is 14.7. The number of nitrogens with one attached hydrogen (secondary N) is 1. The number of carbonyl (C=O) groups is 1. The summed E-state index contributed by atoms with van der Waals surface area (Å²) in [6.07, 6.45) is 3.46. The van der Waals surface area contributed by atoms with Gasteiger partial charge in [-0.2, -0.15) is 0 Å². The molecule has 0 fully saturated rings. The Kier molecular flexibility index (Phi) is 4.77. The molecule has 4 nitrogen and oxygen atoms in total. The van der Waals surface area contributed by atoms with Crippen LogP contribution in [0.3, 0.4) is 0 Å². The molecule has 1 aromatic heterocycles. The average Bonchev–Trinajstić information content (AvgIpc) is 2.42. The van der Waals surface area contributed by atoms with Crippen molar-refractivity contribution in [3.8, 4) is 0 Å². The molecule has 0 bridgehead atoms. The van der Waals surface area contributed by atoms with Crippen molar-refractivity contribution in [3.05, 3.63) is 45.7 Å². The van der Waals surface area contributed by atoms with E-state index in [1.54, 1.807) is 6.20 Å².